The standard InChI is InChI=1S/C27H24N2O4/c1-31-23-16-19-14-15-29(26(30)13-12-25-28-21-10-6-7-11-22(21)33-25)27(18-8-4-3-5-9-18)20(19)17-24(23)32-2/h3-13,16-17,27H,14-15H2,1-2H3/b13-12+. The van der Waals surface area contributed by atoms with Crippen molar-refractivity contribution in [3.63, 3.8) is 0 Å². The third-order valence-corrected chi connectivity index (χ3v) is 5.95. The third kappa shape index (κ3) is 3.96. The summed E-state index contributed by atoms with van der Waals surface area (Å²) >= 11 is 0. The minimum absolute atomic E-state index is 0.105. The zero-order valence-corrected chi connectivity index (χ0v) is 18.5. The molecule has 0 radical (unpaired) electrons. The van der Waals surface area contributed by atoms with E-state index >= 15 is 0 Å². The Bertz CT molecular complexity index is 1290. The minimum Gasteiger partial charge on any atom is -0.493 e. The molecule has 0 saturated heterocycles. The van der Waals surface area contributed by atoms with Crippen LogP contribution in [0.25, 0.3) is 17.2 Å². The van der Waals surface area contributed by atoms with Crippen molar-refractivity contribution in [2.45, 2.75) is 12.5 Å². The number of hydrogen-bond donors (Lipinski definition) is 0. The van der Waals surface area contributed by atoms with Crippen LogP contribution in [0, 0.1) is 0 Å². The molecule has 6 heteroatoms. The number of aromatic nitrogens is 1. The molecule has 1 aliphatic rings. The number of oxazole rings is 1. The lowest BCUT2D eigenvalue weighted by Gasteiger charge is -2.37. The van der Waals surface area contributed by atoms with E-state index in [9.17, 15) is 4.79 Å². The van der Waals surface area contributed by atoms with Gasteiger partial charge in [-0.3, -0.25) is 4.79 Å². The fourth-order valence-corrected chi connectivity index (χ4v) is 4.38. The molecule has 6 nitrogen and oxygen atoms in total. The number of methoxy groups -OCH3 is 2. The number of amides is 1. The maximum atomic E-state index is 13.4. The Morgan fingerprint density at radius 2 is 1.76 bits per heavy atom. The van der Waals surface area contributed by atoms with Crippen LogP contribution in [0.3, 0.4) is 0 Å². The van der Waals surface area contributed by atoms with E-state index in [0.717, 1.165) is 28.6 Å². The van der Waals surface area contributed by atoms with Crippen LogP contribution in [0.1, 0.15) is 28.6 Å². The fraction of sp³-hybridized carbons (Fsp3) is 0.185. The molecule has 0 spiro atoms. The van der Waals surface area contributed by atoms with E-state index < -0.39 is 0 Å². The average molecular weight is 440 g/mol. The van der Waals surface area contributed by atoms with Crippen LogP contribution in [0.2, 0.25) is 0 Å². The smallest absolute Gasteiger partial charge is 0.247 e. The van der Waals surface area contributed by atoms with Gasteiger partial charge >= 0.3 is 0 Å². The quantitative estimate of drug-likeness (QED) is 0.407. The van der Waals surface area contributed by atoms with E-state index in [2.05, 4.69) is 4.98 Å². The Morgan fingerprint density at radius 1 is 1.03 bits per heavy atom. The van der Waals surface area contributed by atoms with Crippen molar-refractivity contribution in [3.8, 4) is 11.5 Å². The molecule has 0 N–H and O–H groups in total. The highest BCUT2D eigenvalue weighted by atomic mass is 16.5. The maximum absolute atomic E-state index is 13.4. The topological polar surface area (TPSA) is 64.8 Å². The summed E-state index contributed by atoms with van der Waals surface area (Å²) in [6, 6.07) is 21.3. The van der Waals surface area contributed by atoms with Crippen molar-refractivity contribution >= 4 is 23.1 Å². The van der Waals surface area contributed by atoms with Gasteiger partial charge in [0.25, 0.3) is 0 Å². The molecule has 1 aromatic heterocycles. The van der Waals surface area contributed by atoms with Crippen LogP contribution in [0.5, 0.6) is 11.5 Å². The van der Waals surface area contributed by atoms with Gasteiger partial charge in [-0.15, -0.1) is 0 Å². The number of nitrogens with zero attached hydrogens (tertiary/aromatic N) is 2. The Kier molecular flexibility index (Phi) is 5.57. The first-order chi connectivity index (χ1) is 16.2. The monoisotopic (exact) mass is 440 g/mol. The SMILES string of the molecule is COc1cc2c(cc1OC)C(c1ccccc1)N(C(=O)/C=C/c1nc3ccccc3o1)CC2. The van der Waals surface area contributed by atoms with E-state index in [1.165, 1.54) is 6.08 Å². The van der Waals surface area contributed by atoms with Gasteiger partial charge in [-0.1, -0.05) is 42.5 Å². The number of carbonyl (C=O) groups is 1. The summed E-state index contributed by atoms with van der Waals surface area (Å²) < 4.78 is 16.8. The molecule has 1 atom stereocenters. The number of benzene rings is 3. The fourth-order valence-electron chi connectivity index (χ4n) is 4.38. The summed E-state index contributed by atoms with van der Waals surface area (Å²) in [5, 5.41) is 0. The van der Waals surface area contributed by atoms with E-state index in [-0.39, 0.29) is 11.9 Å². The van der Waals surface area contributed by atoms with Crippen molar-refractivity contribution in [2.75, 3.05) is 20.8 Å². The normalized spacial score (nSPS) is 15.6. The second-order valence-electron chi connectivity index (χ2n) is 7.85. The molecule has 0 fully saturated rings. The van der Waals surface area contributed by atoms with Gasteiger partial charge in [0.05, 0.1) is 20.3 Å². The van der Waals surface area contributed by atoms with Crippen LogP contribution in [0.4, 0.5) is 0 Å². The van der Waals surface area contributed by atoms with Crippen molar-refractivity contribution in [3.05, 3.63) is 95.4 Å². The maximum Gasteiger partial charge on any atom is 0.247 e. The van der Waals surface area contributed by atoms with Crippen molar-refractivity contribution < 1.29 is 18.7 Å². The molecule has 33 heavy (non-hydrogen) atoms. The predicted molar refractivity (Wildman–Crippen MR) is 126 cm³/mol. The van der Waals surface area contributed by atoms with Gasteiger partial charge in [0.2, 0.25) is 11.8 Å². The first kappa shape index (κ1) is 20.8. The summed E-state index contributed by atoms with van der Waals surface area (Å²) in [6.07, 6.45) is 3.89. The van der Waals surface area contributed by atoms with E-state index in [0.29, 0.717) is 29.5 Å². The number of fused-ring (bicyclic) bond motifs is 2. The minimum atomic E-state index is -0.240. The summed E-state index contributed by atoms with van der Waals surface area (Å²) in [5.74, 6) is 1.64. The first-order valence-electron chi connectivity index (χ1n) is 10.8. The molecule has 4 aromatic rings. The molecule has 0 aliphatic carbocycles. The summed E-state index contributed by atoms with van der Waals surface area (Å²) in [6.45, 7) is 0.582. The van der Waals surface area contributed by atoms with Crippen molar-refractivity contribution in [2.24, 2.45) is 0 Å². The van der Waals surface area contributed by atoms with Gasteiger partial charge < -0.3 is 18.8 Å². The van der Waals surface area contributed by atoms with Crippen LogP contribution in [-0.4, -0.2) is 36.6 Å². The van der Waals surface area contributed by atoms with Crippen LogP contribution < -0.4 is 9.47 Å². The summed E-state index contributed by atoms with van der Waals surface area (Å²) in [4.78, 5) is 19.7. The molecule has 1 unspecified atom stereocenters. The Balaban J connectivity index is 1.51. The van der Waals surface area contributed by atoms with E-state index in [4.69, 9.17) is 13.9 Å². The van der Waals surface area contributed by atoms with E-state index in [1.807, 2.05) is 71.6 Å². The molecule has 166 valence electrons. The van der Waals surface area contributed by atoms with Gasteiger partial charge in [-0.2, -0.15) is 0 Å². The van der Waals surface area contributed by atoms with Gasteiger partial charge in [0.15, 0.2) is 17.1 Å². The molecule has 5 rings (SSSR count). The van der Waals surface area contributed by atoms with Crippen LogP contribution in [-0.2, 0) is 11.2 Å². The van der Waals surface area contributed by atoms with Gasteiger partial charge in [-0.25, -0.2) is 4.98 Å². The lowest BCUT2D eigenvalue weighted by molar-refractivity contribution is -0.128. The lowest BCUT2D eigenvalue weighted by Crippen LogP contribution is -2.39. The second-order valence-corrected chi connectivity index (χ2v) is 7.85. The average Bonchev–Trinajstić information content (AvgIpc) is 3.29. The molecule has 2 heterocycles. The second kappa shape index (κ2) is 8.82. The van der Waals surface area contributed by atoms with Gasteiger partial charge in [0, 0.05) is 18.7 Å². The zero-order chi connectivity index (χ0) is 22.8. The highest BCUT2D eigenvalue weighted by Gasteiger charge is 2.32. The summed E-state index contributed by atoms with van der Waals surface area (Å²) in [5.41, 5.74) is 4.68. The number of rotatable bonds is 5. The molecule has 0 bridgehead atoms. The number of ether oxygens (including phenoxy) is 2. The summed E-state index contributed by atoms with van der Waals surface area (Å²) in [7, 11) is 3.26. The number of carbonyl (C=O) groups excluding carboxylic acids is 1. The van der Waals surface area contributed by atoms with Crippen LogP contribution in [0.15, 0.2) is 77.2 Å². The Morgan fingerprint density at radius 3 is 2.52 bits per heavy atom. The highest BCUT2D eigenvalue weighted by molar-refractivity contribution is 5.92. The van der Waals surface area contributed by atoms with Crippen LogP contribution >= 0.6 is 0 Å². The van der Waals surface area contributed by atoms with Gasteiger partial charge in [-0.05, 0) is 47.4 Å². The molecule has 1 amide bonds. The van der Waals surface area contributed by atoms with Crippen molar-refractivity contribution in [1.82, 2.24) is 9.88 Å². The Labute approximate surface area is 192 Å². The predicted octanol–water partition coefficient (Wildman–Crippen LogP) is 5.03. The third-order valence-electron chi connectivity index (χ3n) is 5.95. The van der Waals surface area contributed by atoms with E-state index in [1.54, 1.807) is 20.3 Å². The largest absolute Gasteiger partial charge is 0.493 e. The molecule has 3 aromatic carbocycles. The highest BCUT2D eigenvalue weighted by Crippen LogP contribution is 2.41. The van der Waals surface area contributed by atoms with Crippen molar-refractivity contribution in [1.29, 1.82) is 0 Å². The molecule has 1 aliphatic heterocycles. The number of hydrogen-bond acceptors (Lipinski definition) is 5. The molecular weight excluding hydrogens is 416 g/mol. The molecular formula is C27H24N2O4. The van der Waals surface area contributed by atoms with Gasteiger partial charge in [0.1, 0.15) is 5.52 Å². The number of para-hydroxylation sites is 2. The molecule has 0 saturated carbocycles. The first-order valence-corrected chi connectivity index (χ1v) is 10.8. The zero-order valence-electron chi connectivity index (χ0n) is 18.5. The Hall–Kier alpha value is -4.06. The lowest BCUT2D eigenvalue weighted by atomic mass is 9.87.